The lowest BCUT2D eigenvalue weighted by Crippen LogP contribution is -2.52. The van der Waals surface area contributed by atoms with Gasteiger partial charge in [0.2, 0.25) is 0 Å². The summed E-state index contributed by atoms with van der Waals surface area (Å²) in [5, 5.41) is 8.37. The Hall–Kier alpha value is -4.36. The smallest absolute Gasteiger partial charge is 0.305 e. The molecule has 0 spiro atoms. The second kappa shape index (κ2) is 13.3. The molecule has 0 unspecified atom stereocenters. The number of ether oxygens (including phenoxy) is 1. The first-order chi connectivity index (χ1) is 20.1. The Morgan fingerprint density at radius 1 is 0.902 bits per heavy atom. The summed E-state index contributed by atoms with van der Waals surface area (Å²) in [5.74, 6) is -0.0422. The van der Waals surface area contributed by atoms with E-state index in [1.54, 1.807) is 6.20 Å². The van der Waals surface area contributed by atoms with E-state index in [4.69, 9.17) is 4.74 Å². The lowest BCUT2D eigenvalue weighted by atomic mass is 9.74. The zero-order chi connectivity index (χ0) is 28.5. The number of carbonyl (C=O) groups excluding carboxylic acids is 2. The summed E-state index contributed by atoms with van der Waals surface area (Å²) in [4.78, 5) is 27.4. The number of nitrogens with zero attached hydrogens (tertiary/aromatic N) is 4. The van der Waals surface area contributed by atoms with Crippen molar-refractivity contribution in [3.05, 3.63) is 125 Å². The minimum Gasteiger partial charge on any atom is -0.466 e. The molecule has 0 radical (unpaired) electrons. The molecule has 7 nitrogen and oxygen atoms in total. The normalized spacial score (nSPS) is 15.2. The number of esters is 1. The zero-order valence-corrected chi connectivity index (χ0v) is 23.5. The van der Waals surface area contributed by atoms with Gasteiger partial charge in [-0.1, -0.05) is 96.2 Å². The summed E-state index contributed by atoms with van der Waals surface area (Å²) in [6, 6.07) is 31.6. The lowest BCUT2D eigenvalue weighted by Gasteiger charge is -2.47. The van der Waals surface area contributed by atoms with Crippen molar-refractivity contribution in [1.29, 1.82) is 0 Å². The molecule has 0 amide bonds. The summed E-state index contributed by atoms with van der Waals surface area (Å²) >= 11 is 0. The van der Waals surface area contributed by atoms with Crippen LogP contribution < -0.4 is 0 Å². The quantitative estimate of drug-likeness (QED) is 0.104. The number of hydrogen-bond donors (Lipinski definition) is 0. The number of unbranched alkanes of at least 4 members (excludes halogenated alkanes) is 1. The van der Waals surface area contributed by atoms with Gasteiger partial charge in [0.25, 0.3) is 0 Å². The molecular formula is C34H36N4O3. The number of likely N-dealkylation sites (tertiary alicyclic amines) is 1. The molecule has 0 aliphatic carbocycles. The van der Waals surface area contributed by atoms with Crippen molar-refractivity contribution < 1.29 is 14.3 Å². The van der Waals surface area contributed by atoms with Gasteiger partial charge in [0.05, 0.1) is 24.0 Å². The number of hydrogen-bond acceptors (Lipinski definition) is 6. The van der Waals surface area contributed by atoms with Crippen LogP contribution in [0, 0.1) is 0 Å². The van der Waals surface area contributed by atoms with E-state index in [2.05, 4.69) is 88.0 Å². The van der Waals surface area contributed by atoms with Gasteiger partial charge in [-0.15, -0.1) is 5.10 Å². The number of rotatable bonds is 11. The lowest BCUT2D eigenvalue weighted by molar-refractivity contribution is -0.143. The fourth-order valence-electron chi connectivity index (χ4n) is 5.76. The minimum absolute atomic E-state index is 0.138. The van der Waals surface area contributed by atoms with Crippen LogP contribution in [0.5, 0.6) is 0 Å². The standard InChI is InChI=1S/C34H36N4O3/c1-2-41-33(40)20-12-13-22-38-31(25-35-36-38)24-27-26-37(23-21-32(27)39)34(28-14-6-3-7-15-28,29-16-8-4-9-17-29)30-18-10-5-11-19-30/h3-11,14-19,24-25H,2,12-13,20-23,26H2,1H3. The van der Waals surface area contributed by atoms with Crippen molar-refractivity contribution in [2.75, 3.05) is 19.7 Å². The topological polar surface area (TPSA) is 77.3 Å². The molecule has 1 aliphatic rings. The highest BCUT2D eigenvalue weighted by Gasteiger charge is 2.44. The molecule has 1 aliphatic heterocycles. The highest BCUT2D eigenvalue weighted by molar-refractivity contribution is 6.00. The summed E-state index contributed by atoms with van der Waals surface area (Å²) in [7, 11) is 0. The van der Waals surface area contributed by atoms with E-state index >= 15 is 0 Å². The average molecular weight is 549 g/mol. The Morgan fingerprint density at radius 3 is 2.05 bits per heavy atom. The number of carbonyl (C=O) groups is 2. The third kappa shape index (κ3) is 6.20. The van der Waals surface area contributed by atoms with Crippen LogP contribution in [-0.4, -0.2) is 51.3 Å². The molecule has 5 rings (SSSR count). The van der Waals surface area contributed by atoms with E-state index in [0.717, 1.165) is 34.4 Å². The first-order valence-electron chi connectivity index (χ1n) is 14.3. The molecule has 3 aromatic carbocycles. The van der Waals surface area contributed by atoms with Gasteiger partial charge in [0.1, 0.15) is 0 Å². The molecule has 0 saturated carbocycles. The Labute approximate surface area is 241 Å². The number of aryl methyl sites for hydroxylation is 1. The number of ketones is 1. The second-order valence-corrected chi connectivity index (χ2v) is 10.2. The Morgan fingerprint density at radius 2 is 1.49 bits per heavy atom. The van der Waals surface area contributed by atoms with Crippen molar-refractivity contribution in [1.82, 2.24) is 19.9 Å². The van der Waals surface area contributed by atoms with Crippen LogP contribution in [0.15, 0.2) is 103 Å². The Bertz CT molecular complexity index is 1370. The molecule has 0 atom stereocenters. The number of piperidine rings is 1. The molecule has 1 saturated heterocycles. The van der Waals surface area contributed by atoms with Crippen molar-refractivity contribution >= 4 is 17.8 Å². The maximum absolute atomic E-state index is 13.3. The monoisotopic (exact) mass is 548 g/mol. The van der Waals surface area contributed by atoms with Crippen molar-refractivity contribution in [3.63, 3.8) is 0 Å². The third-order valence-corrected chi connectivity index (χ3v) is 7.65. The molecule has 0 bridgehead atoms. The van der Waals surface area contributed by atoms with Gasteiger partial charge in [-0.2, -0.15) is 0 Å². The van der Waals surface area contributed by atoms with Crippen LogP contribution in [0.1, 0.15) is 55.0 Å². The molecule has 7 heteroatoms. The highest BCUT2D eigenvalue weighted by Crippen LogP contribution is 2.44. The summed E-state index contributed by atoms with van der Waals surface area (Å²) in [6.07, 6.45) is 5.90. The Balaban J connectivity index is 1.48. The average Bonchev–Trinajstić information content (AvgIpc) is 3.46. The van der Waals surface area contributed by atoms with E-state index in [9.17, 15) is 9.59 Å². The van der Waals surface area contributed by atoms with Gasteiger partial charge in [-0.05, 0) is 42.5 Å². The number of benzene rings is 3. The number of aromatic nitrogens is 3. The predicted octanol–water partition coefficient (Wildman–Crippen LogP) is 5.66. The number of Topliss-reactive ketones (excluding diaryl/α,β-unsaturated/α-hetero) is 1. The summed E-state index contributed by atoms with van der Waals surface area (Å²) < 4.78 is 6.83. The van der Waals surface area contributed by atoms with Crippen molar-refractivity contribution in [2.24, 2.45) is 0 Å². The van der Waals surface area contributed by atoms with Gasteiger partial charge >= 0.3 is 5.97 Å². The maximum Gasteiger partial charge on any atom is 0.305 e. The van der Waals surface area contributed by atoms with Gasteiger partial charge in [0.15, 0.2) is 5.78 Å². The minimum atomic E-state index is -0.588. The summed E-state index contributed by atoms with van der Waals surface area (Å²) in [6.45, 7) is 3.92. The molecule has 4 aromatic rings. The molecule has 0 N–H and O–H groups in total. The molecular weight excluding hydrogens is 512 g/mol. The van der Waals surface area contributed by atoms with Crippen molar-refractivity contribution in [3.8, 4) is 0 Å². The first-order valence-corrected chi connectivity index (χ1v) is 14.3. The van der Waals surface area contributed by atoms with Gasteiger partial charge in [-0.25, -0.2) is 4.68 Å². The van der Waals surface area contributed by atoms with E-state index < -0.39 is 5.54 Å². The van der Waals surface area contributed by atoms with Gasteiger partial charge in [0, 0.05) is 38.0 Å². The van der Waals surface area contributed by atoms with Crippen LogP contribution in [0.25, 0.3) is 6.08 Å². The third-order valence-electron chi connectivity index (χ3n) is 7.65. The van der Waals surface area contributed by atoms with Crippen LogP contribution in [-0.2, 0) is 26.4 Å². The second-order valence-electron chi connectivity index (χ2n) is 10.2. The van der Waals surface area contributed by atoms with Gasteiger partial charge < -0.3 is 4.74 Å². The molecule has 1 aromatic heterocycles. The zero-order valence-electron chi connectivity index (χ0n) is 23.5. The van der Waals surface area contributed by atoms with E-state index in [-0.39, 0.29) is 11.8 Å². The largest absolute Gasteiger partial charge is 0.466 e. The predicted molar refractivity (Wildman–Crippen MR) is 159 cm³/mol. The fraction of sp³-hybridized carbons (Fsp3) is 0.294. The molecule has 210 valence electrons. The van der Waals surface area contributed by atoms with Crippen LogP contribution >= 0.6 is 0 Å². The fourth-order valence-corrected chi connectivity index (χ4v) is 5.76. The SMILES string of the molecule is CCOC(=O)CCCCn1nncc1C=C1CN(C(c2ccccc2)(c2ccccc2)c2ccccc2)CCC1=O. The van der Waals surface area contributed by atoms with Crippen molar-refractivity contribution in [2.45, 2.75) is 44.7 Å². The first kappa shape index (κ1) is 28.2. The van der Waals surface area contributed by atoms with E-state index in [1.165, 1.54) is 0 Å². The van der Waals surface area contributed by atoms with E-state index in [1.807, 2.05) is 35.9 Å². The van der Waals surface area contributed by atoms with Gasteiger partial charge in [-0.3, -0.25) is 14.5 Å². The van der Waals surface area contributed by atoms with Crippen LogP contribution in [0.2, 0.25) is 0 Å². The Kier molecular flexibility index (Phi) is 9.16. The van der Waals surface area contributed by atoms with E-state index in [0.29, 0.717) is 45.5 Å². The molecule has 1 fully saturated rings. The maximum atomic E-state index is 13.3. The highest BCUT2D eigenvalue weighted by atomic mass is 16.5. The molecule has 41 heavy (non-hydrogen) atoms. The van der Waals surface area contributed by atoms with Crippen LogP contribution in [0.3, 0.4) is 0 Å². The molecule has 2 heterocycles. The summed E-state index contributed by atoms with van der Waals surface area (Å²) in [5.41, 5.74) is 4.39. The van der Waals surface area contributed by atoms with Crippen LogP contribution in [0.4, 0.5) is 0 Å².